The Morgan fingerprint density at radius 2 is 1.88 bits per heavy atom. The summed E-state index contributed by atoms with van der Waals surface area (Å²) in [5.41, 5.74) is -0.675. The normalized spacial score (nSPS) is 32.7. The molecule has 0 aromatic carbocycles. The summed E-state index contributed by atoms with van der Waals surface area (Å²) in [7, 11) is 0. The zero-order chi connectivity index (χ0) is 12.4. The van der Waals surface area contributed by atoms with Crippen LogP contribution in [0.15, 0.2) is 0 Å². The Kier molecular flexibility index (Phi) is 1.83. The minimum atomic E-state index is -0.896. The number of rotatable bonds is 2. The molecule has 1 atom stereocenters. The summed E-state index contributed by atoms with van der Waals surface area (Å²) >= 11 is 0. The van der Waals surface area contributed by atoms with Gasteiger partial charge in [0.2, 0.25) is 11.8 Å². The largest absolute Gasteiger partial charge is 0.330 e. The maximum atomic E-state index is 12.1. The number of imide groups is 2. The number of hydrogen-bond acceptors (Lipinski definition) is 3. The lowest BCUT2D eigenvalue weighted by Gasteiger charge is -2.30. The van der Waals surface area contributed by atoms with Crippen molar-refractivity contribution in [3.8, 4) is 0 Å². The molecule has 5 nitrogen and oxygen atoms in total. The van der Waals surface area contributed by atoms with Gasteiger partial charge in [-0.25, -0.2) is 4.79 Å². The van der Waals surface area contributed by atoms with E-state index in [1.54, 1.807) is 0 Å². The van der Waals surface area contributed by atoms with E-state index in [0.717, 1.165) is 6.42 Å². The molecule has 3 fully saturated rings. The maximum absolute atomic E-state index is 12.1. The van der Waals surface area contributed by atoms with Crippen LogP contribution in [0.2, 0.25) is 0 Å². The molecule has 17 heavy (non-hydrogen) atoms. The molecule has 1 spiro atoms. The van der Waals surface area contributed by atoms with Crippen LogP contribution < -0.4 is 5.32 Å². The van der Waals surface area contributed by atoms with Crippen LogP contribution in [0.4, 0.5) is 4.79 Å². The van der Waals surface area contributed by atoms with Gasteiger partial charge in [0.1, 0.15) is 5.41 Å². The third-order valence-corrected chi connectivity index (χ3v) is 4.43. The van der Waals surface area contributed by atoms with Crippen molar-refractivity contribution in [1.82, 2.24) is 10.2 Å². The molecule has 3 aliphatic rings. The third-order valence-electron chi connectivity index (χ3n) is 4.43. The highest BCUT2D eigenvalue weighted by atomic mass is 16.2. The van der Waals surface area contributed by atoms with Crippen molar-refractivity contribution in [2.75, 3.05) is 6.54 Å². The zero-order valence-electron chi connectivity index (χ0n) is 10.1. The van der Waals surface area contributed by atoms with E-state index in [-0.39, 0.29) is 11.3 Å². The fourth-order valence-corrected chi connectivity index (χ4v) is 2.57. The van der Waals surface area contributed by atoms with Gasteiger partial charge in [-0.05, 0) is 30.6 Å². The lowest BCUT2D eigenvalue weighted by molar-refractivity contribution is -0.144. The van der Waals surface area contributed by atoms with Gasteiger partial charge < -0.3 is 0 Å². The molecule has 5 heteroatoms. The summed E-state index contributed by atoms with van der Waals surface area (Å²) < 4.78 is 0. The van der Waals surface area contributed by atoms with Gasteiger partial charge in [-0.1, -0.05) is 13.8 Å². The highest BCUT2D eigenvalue weighted by molar-refractivity contribution is 6.20. The molecule has 2 aliphatic carbocycles. The number of amides is 4. The number of barbiturate groups is 1. The molecule has 1 aliphatic heterocycles. The summed E-state index contributed by atoms with van der Waals surface area (Å²) in [6, 6.07) is -0.541. The van der Waals surface area contributed by atoms with Crippen LogP contribution in [-0.2, 0) is 9.59 Å². The number of carbonyl (C=O) groups is 3. The first kappa shape index (κ1) is 10.7. The fourth-order valence-electron chi connectivity index (χ4n) is 2.57. The molecule has 1 heterocycles. The van der Waals surface area contributed by atoms with Crippen molar-refractivity contribution in [2.24, 2.45) is 16.7 Å². The maximum Gasteiger partial charge on any atom is 0.330 e. The van der Waals surface area contributed by atoms with Gasteiger partial charge in [0, 0.05) is 6.54 Å². The predicted molar refractivity (Wildman–Crippen MR) is 58.8 cm³/mol. The molecule has 92 valence electrons. The average Bonchev–Trinajstić information content (AvgIpc) is 3.09. The fraction of sp³-hybridized carbons (Fsp3) is 0.750. The van der Waals surface area contributed by atoms with E-state index in [4.69, 9.17) is 0 Å². The van der Waals surface area contributed by atoms with Gasteiger partial charge in [0.25, 0.3) is 0 Å². The molecular weight excluding hydrogens is 220 g/mol. The lowest BCUT2D eigenvalue weighted by atomic mass is 10.0. The van der Waals surface area contributed by atoms with E-state index in [1.807, 2.05) is 0 Å². The molecule has 0 bridgehead atoms. The molecule has 4 amide bonds. The Balaban J connectivity index is 1.77. The Morgan fingerprint density at radius 1 is 1.29 bits per heavy atom. The van der Waals surface area contributed by atoms with Crippen LogP contribution in [-0.4, -0.2) is 29.3 Å². The molecule has 1 saturated heterocycles. The van der Waals surface area contributed by atoms with Crippen LogP contribution in [0.3, 0.4) is 0 Å². The van der Waals surface area contributed by atoms with Gasteiger partial charge in [0.05, 0.1) is 0 Å². The molecule has 3 rings (SSSR count). The van der Waals surface area contributed by atoms with Crippen LogP contribution in [0, 0.1) is 16.7 Å². The molecular formula is C12H16N2O3. The lowest BCUT2D eigenvalue weighted by Crippen LogP contribution is -2.59. The summed E-state index contributed by atoms with van der Waals surface area (Å²) in [5, 5.41) is 2.30. The number of nitrogens with zero attached hydrogens (tertiary/aromatic N) is 1. The van der Waals surface area contributed by atoms with E-state index in [1.165, 1.54) is 4.90 Å². The minimum absolute atomic E-state index is 0.221. The SMILES string of the molecule is CC1(C)CC1CN1C(=O)NC(=O)C2(CC2)C1=O. The molecule has 2 saturated carbocycles. The first-order valence-electron chi connectivity index (χ1n) is 6.04. The average molecular weight is 236 g/mol. The van der Waals surface area contributed by atoms with E-state index < -0.39 is 17.4 Å². The van der Waals surface area contributed by atoms with Crippen molar-refractivity contribution in [2.45, 2.75) is 33.1 Å². The van der Waals surface area contributed by atoms with Gasteiger partial charge in [-0.15, -0.1) is 0 Å². The van der Waals surface area contributed by atoms with E-state index in [2.05, 4.69) is 19.2 Å². The van der Waals surface area contributed by atoms with Crippen molar-refractivity contribution in [3.63, 3.8) is 0 Å². The van der Waals surface area contributed by atoms with Crippen molar-refractivity contribution in [3.05, 3.63) is 0 Å². The third kappa shape index (κ3) is 1.41. The number of nitrogens with one attached hydrogen (secondary N) is 1. The van der Waals surface area contributed by atoms with Crippen LogP contribution in [0.25, 0.3) is 0 Å². The Hall–Kier alpha value is -1.39. The van der Waals surface area contributed by atoms with Gasteiger partial charge in [-0.3, -0.25) is 19.8 Å². The number of carbonyl (C=O) groups excluding carboxylic acids is 3. The first-order chi connectivity index (χ1) is 7.87. The Bertz CT molecular complexity index is 437. The van der Waals surface area contributed by atoms with Crippen LogP contribution >= 0.6 is 0 Å². The van der Waals surface area contributed by atoms with Gasteiger partial charge >= 0.3 is 6.03 Å². The molecule has 0 radical (unpaired) electrons. The van der Waals surface area contributed by atoms with Crippen molar-refractivity contribution in [1.29, 1.82) is 0 Å². The van der Waals surface area contributed by atoms with Gasteiger partial charge in [-0.2, -0.15) is 0 Å². The van der Waals surface area contributed by atoms with Crippen LogP contribution in [0.5, 0.6) is 0 Å². The van der Waals surface area contributed by atoms with E-state index >= 15 is 0 Å². The standard InChI is InChI=1S/C12H16N2O3/c1-11(2)5-7(11)6-14-9(16)12(3-4-12)8(15)13-10(14)17/h7H,3-6H2,1-2H3,(H,13,15,17). The highest BCUT2D eigenvalue weighted by Gasteiger charge is 2.63. The molecule has 0 aromatic rings. The summed E-state index contributed by atoms with van der Waals surface area (Å²) in [6.45, 7) is 4.71. The Morgan fingerprint density at radius 3 is 2.35 bits per heavy atom. The molecule has 0 aromatic heterocycles. The van der Waals surface area contributed by atoms with E-state index in [9.17, 15) is 14.4 Å². The highest BCUT2D eigenvalue weighted by Crippen LogP contribution is 2.54. The summed E-state index contributed by atoms with van der Waals surface area (Å²) in [5.74, 6) is -0.311. The zero-order valence-corrected chi connectivity index (χ0v) is 10.1. The Labute approximate surface area is 99.5 Å². The monoisotopic (exact) mass is 236 g/mol. The smallest absolute Gasteiger partial charge is 0.277 e. The number of urea groups is 1. The van der Waals surface area contributed by atoms with Crippen molar-refractivity contribution < 1.29 is 14.4 Å². The summed E-state index contributed by atoms with van der Waals surface area (Å²) in [6.07, 6.45) is 2.19. The first-order valence-corrected chi connectivity index (χ1v) is 6.04. The van der Waals surface area contributed by atoms with Crippen LogP contribution in [0.1, 0.15) is 33.1 Å². The van der Waals surface area contributed by atoms with E-state index in [0.29, 0.717) is 25.3 Å². The topological polar surface area (TPSA) is 66.5 Å². The quantitative estimate of drug-likeness (QED) is 0.724. The second-order valence-corrected chi connectivity index (χ2v) is 6.15. The minimum Gasteiger partial charge on any atom is -0.277 e. The predicted octanol–water partition coefficient (Wildman–Crippen LogP) is 0.891. The summed E-state index contributed by atoms with van der Waals surface area (Å²) in [4.78, 5) is 36.7. The van der Waals surface area contributed by atoms with Gasteiger partial charge in [0.15, 0.2) is 0 Å². The second kappa shape index (κ2) is 2.89. The molecule has 1 N–H and O–H groups in total. The number of hydrogen-bond donors (Lipinski definition) is 1. The second-order valence-electron chi connectivity index (χ2n) is 6.15. The molecule has 1 unspecified atom stereocenters. The van der Waals surface area contributed by atoms with Crippen molar-refractivity contribution >= 4 is 17.8 Å².